The van der Waals surface area contributed by atoms with Crippen LogP contribution in [0.4, 0.5) is 0 Å². The van der Waals surface area contributed by atoms with Crippen LogP contribution in [0.25, 0.3) is 0 Å². The summed E-state index contributed by atoms with van der Waals surface area (Å²) < 4.78 is 32.4. The molecule has 0 heterocycles. The normalized spacial score (nSPS) is 14.7. The number of carboxylic acid groups (broad SMARTS) is 1. The molecule has 3 atom stereocenters. The first-order chi connectivity index (χ1) is 24.6. The topological polar surface area (TPSA) is 172 Å². The van der Waals surface area contributed by atoms with Crippen LogP contribution >= 0.6 is 7.82 Å². The number of allylic oxidation sites excluding steroid dienone is 12. The number of hydrogen-bond donors (Lipinski definition) is 3. The first kappa shape index (κ1) is 47.9. The molecular formula is C39H64NO10P. The molecule has 0 aliphatic heterocycles. The molecule has 0 radical (unpaired) electrons. The van der Waals surface area contributed by atoms with Gasteiger partial charge in [0.15, 0.2) is 6.10 Å². The molecule has 290 valence electrons. The van der Waals surface area contributed by atoms with Crippen molar-refractivity contribution in [3.8, 4) is 0 Å². The van der Waals surface area contributed by atoms with Crippen LogP contribution in [-0.4, -0.2) is 59.9 Å². The fourth-order valence-corrected chi connectivity index (χ4v) is 5.05. The third-order valence-corrected chi connectivity index (χ3v) is 8.12. The highest BCUT2D eigenvalue weighted by molar-refractivity contribution is 7.47. The highest BCUT2D eigenvalue weighted by atomic mass is 31.2. The van der Waals surface area contributed by atoms with Gasteiger partial charge in [-0.2, -0.15) is 0 Å². The van der Waals surface area contributed by atoms with Gasteiger partial charge >= 0.3 is 25.7 Å². The summed E-state index contributed by atoms with van der Waals surface area (Å²) in [6.45, 7) is 2.51. The summed E-state index contributed by atoms with van der Waals surface area (Å²) in [5, 5.41) is 8.85. The second-order valence-electron chi connectivity index (χ2n) is 12.0. The number of phosphoric acid groups is 1. The highest BCUT2D eigenvalue weighted by Gasteiger charge is 2.28. The smallest absolute Gasteiger partial charge is 0.472 e. The predicted octanol–water partition coefficient (Wildman–Crippen LogP) is 9.00. The van der Waals surface area contributed by atoms with Crippen LogP contribution in [0.5, 0.6) is 0 Å². The van der Waals surface area contributed by atoms with Crippen molar-refractivity contribution in [2.45, 2.75) is 135 Å². The Morgan fingerprint density at radius 2 is 1.12 bits per heavy atom. The molecule has 0 aromatic rings. The Kier molecular flexibility index (Phi) is 32.0. The summed E-state index contributed by atoms with van der Waals surface area (Å²) in [6.07, 6.45) is 38.5. The van der Waals surface area contributed by atoms with Crippen molar-refractivity contribution in [2.24, 2.45) is 5.73 Å². The van der Waals surface area contributed by atoms with E-state index in [1.165, 1.54) is 0 Å². The lowest BCUT2D eigenvalue weighted by Crippen LogP contribution is -2.34. The Bertz CT molecular complexity index is 1140. The monoisotopic (exact) mass is 737 g/mol. The zero-order valence-corrected chi connectivity index (χ0v) is 31.8. The fraction of sp³-hybridized carbons (Fsp3) is 0.615. The van der Waals surface area contributed by atoms with Gasteiger partial charge in [0.25, 0.3) is 0 Å². The minimum Gasteiger partial charge on any atom is -0.480 e. The molecule has 11 nitrogen and oxygen atoms in total. The molecule has 0 saturated heterocycles. The SMILES string of the molecule is CC/C=C\C/C=C\C/C=C\C/C=C\C/C=C\CCCC(=O)OC(COC(=O)CCCCCCC/C=C\CCC)COP(=O)(O)OCC(N)C(=O)O. The molecule has 0 aliphatic rings. The van der Waals surface area contributed by atoms with Crippen molar-refractivity contribution >= 4 is 25.7 Å². The van der Waals surface area contributed by atoms with Crippen molar-refractivity contribution < 1.29 is 47.5 Å². The maximum atomic E-state index is 12.5. The van der Waals surface area contributed by atoms with Gasteiger partial charge in [-0.3, -0.25) is 23.4 Å². The van der Waals surface area contributed by atoms with Gasteiger partial charge in [-0.25, -0.2) is 4.57 Å². The van der Waals surface area contributed by atoms with E-state index in [9.17, 15) is 23.8 Å². The zero-order valence-electron chi connectivity index (χ0n) is 30.9. The number of ether oxygens (including phenoxy) is 2. The van der Waals surface area contributed by atoms with Crippen LogP contribution in [0.2, 0.25) is 0 Å². The molecule has 0 aromatic heterocycles. The van der Waals surface area contributed by atoms with E-state index in [-0.39, 0.29) is 19.4 Å². The number of esters is 2. The number of rotatable bonds is 33. The lowest BCUT2D eigenvalue weighted by atomic mass is 10.1. The predicted molar refractivity (Wildman–Crippen MR) is 203 cm³/mol. The average Bonchev–Trinajstić information content (AvgIpc) is 3.10. The number of phosphoric ester groups is 1. The first-order valence-electron chi connectivity index (χ1n) is 18.5. The summed E-state index contributed by atoms with van der Waals surface area (Å²) in [5.41, 5.74) is 5.30. The molecule has 12 heteroatoms. The second kappa shape index (κ2) is 34.0. The molecule has 0 fully saturated rings. The maximum absolute atomic E-state index is 12.5. The number of nitrogens with two attached hydrogens (primary N) is 1. The van der Waals surface area contributed by atoms with Gasteiger partial charge in [0.1, 0.15) is 12.6 Å². The Labute approximate surface area is 306 Å². The summed E-state index contributed by atoms with van der Waals surface area (Å²) in [7, 11) is -4.73. The lowest BCUT2D eigenvalue weighted by Gasteiger charge is -2.20. The van der Waals surface area contributed by atoms with Crippen LogP contribution in [0.1, 0.15) is 123 Å². The van der Waals surface area contributed by atoms with E-state index in [4.69, 9.17) is 24.8 Å². The van der Waals surface area contributed by atoms with E-state index in [1.54, 1.807) is 0 Å². The van der Waals surface area contributed by atoms with E-state index >= 15 is 0 Å². The third-order valence-electron chi connectivity index (χ3n) is 7.17. The molecule has 51 heavy (non-hydrogen) atoms. The summed E-state index contributed by atoms with van der Waals surface area (Å²) in [4.78, 5) is 45.6. The summed E-state index contributed by atoms with van der Waals surface area (Å²) in [5.74, 6) is -2.48. The van der Waals surface area contributed by atoms with Crippen molar-refractivity contribution in [1.82, 2.24) is 0 Å². The summed E-state index contributed by atoms with van der Waals surface area (Å²) >= 11 is 0. The minimum atomic E-state index is -4.73. The quantitative estimate of drug-likeness (QED) is 0.0254. The van der Waals surface area contributed by atoms with Crippen LogP contribution in [-0.2, 0) is 37.5 Å². The van der Waals surface area contributed by atoms with Crippen LogP contribution < -0.4 is 5.73 Å². The second-order valence-corrected chi connectivity index (χ2v) is 13.4. The average molecular weight is 738 g/mol. The number of carboxylic acids is 1. The minimum absolute atomic E-state index is 0.0773. The number of unbranched alkanes of at least 4 members (excludes halogenated alkanes) is 7. The van der Waals surface area contributed by atoms with E-state index in [0.29, 0.717) is 19.3 Å². The molecular weight excluding hydrogens is 673 g/mol. The molecule has 4 N–H and O–H groups in total. The maximum Gasteiger partial charge on any atom is 0.472 e. The lowest BCUT2D eigenvalue weighted by molar-refractivity contribution is -0.161. The van der Waals surface area contributed by atoms with Gasteiger partial charge in [0, 0.05) is 12.8 Å². The zero-order chi connectivity index (χ0) is 37.8. The largest absolute Gasteiger partial charge is 0.480 e. The van der Waals surface area contributed by atoms with Gasteiger partial charge in [0.05, 0.1) is 13.2 Å². The number of carbonyl (C=O) groups is 3. The van der Waals surface area contributed by atoms with E-state index in [2.05, 4.69) is 79.1 Å². The molecule has 3 unspecified atom stereocenters. The third kappa shape index (κ3) is 33.8. The van der Waals surface area contributed by atoms with Gasteiger partial charge in [-0.05, 0) is 70.6 Å². The summed E-state index contributed by atoms with van der Waals surface area (Å²) in [6, 6.07) is -1.53. The van der Waals surface area contributed by atoms with Crippen LogP contribution in [0, 0.1) is 0 Å². The molecule has 0 rings (SSSR count). The molecule has 0 spiro atoms. The van der Waals surface area contributed by atoms with Crippen LogP contribution in [0.3, 0.4) is 0 Å². The molecule has 0 saturated carbocycles. The van der Waals surface area contributed by atoms with Crippen LogP contribution in [0.15, 0.2) is 72.9 Å². The van der Waals surface area contributed by atoms with Crippen molar-refractivity contribution in [3.05, 3.63) is 72.9 Å². The Balaban J connectivity index is 4.59. The Morgan fingerprint density at radius 1 is 0.627 bits per heavy atom. The van der Waals surface area contributed by atoms with Gasteiger partial charge in [-0.15, -0.1) is 0 Å². The van der Waals surface area contributed by atoms with Gasteiger partial charge < -0.3 is 25.2 Å². The van der Waals surface area contributed by atoms with Crippen molar-refractivity contribution in [1.29, 1.82) is 0 Å². The van der Waals surface area contributed by atoms with Gasteiger partial charge in [-0.1, -0.05) is 112 Å². The van der Waals surface area contributed by atoms with Crippen molar-refractivity contribution in [3.63, 3.8) is 0 Å². The molecule has 0 amide bonds. The Hall–Kier alpha value is -3.08. The number of aliphatic carboxylic acids is 1. The molecule has 0 aliphatic carbocycles. The van der Waals surface area contributed by atoms with Gasteiger partial charge in [0.2, 0.25) is 0 Å². The van der Waals surface area contributed by atoms with E-state index in [1.807, 2.05) is 12.2 Å². The van der Waals surface area contributed by atoms with E-state index in [0.717, 1.165) is 77.0 Å². The van der Waals surface area contributed by atoms with E-state index < -0.39 is 51.1 Å². The number of carbonyl (C=O) groups excluding carboxylic acids is 2. The fourth-order valence-electron chi connectivity index (χ4n) is 4.28. The first-order valence-corrected chi connectivity index (χ1v) is 20.0. The number of hydrogen-bond acceptors (Lipinski definition) is 9. The molecule has 0 bridgehead atoms. The van der Waals surface area contributed by atoms with Crippen molar-refractivity contribution in [2.75, 3.05) is 19.8 Å². The Morgan fingerprint density at radius 3 is 1.73 bits per heavy atom. The highest BCUT2D eigenvalue weighted by Crippen LogP contribution is 2.43. The molecule has 0 aromatic carbocycles. The standard InChI is InChI=1S/C39H64NO10P/c1-3-5-7-9-11-13-15-16-17-18-19-20-21-23-25-27-29-31-38(42)50-35(33-48-51(45,46)49-34-36(40)39(43)44)32-47-37(41)30-28-26-24-22-14-12-10-8-6-4-2/h5,7-8,10-11,13,16-17,19-20,23,25,35-36H,3-4,6,9,12,14-15,18,21-22,24,26-34,40H2,1-2H3,(H,43,44)(H,45,46)/b7-5-,10-8-,13-11-,17-16-,20-19-,25-23-.